The van der Waals surface area contributed by atoms with Gasteiger partial charge in [-0.05, 0) is 31.2 Å². The lowest BCUT2D eigenvalue weighted by molar-refractivity contribution is -0.129. The molecule has 0 saturated heterocycles. The average molecular weight is 284 g/mol. The first-order chi connectivity index (χ1) is 10.1. The van der Waals surface area contributed by atoms with Gasteiger partial charge in [0.1, 0.15) is 11.8 Å². The number of rotatable bonds is 5. The number of nitrogens with one attached hydrogen (secondary N) is 1. The third-order valence-electron chi connectivity index (χ3n) is 3.04. The van der Waals surface area contributed by atoms with E-state index in [1.807, 2.05) is 61.5 Å². The number of ether oxygens (including phenoxy) is 1. The van der Waals surface area contributed by atoms with Gasteiger partial charge in [0.15, 0.2) is 5.75 Å². The van der Waals surface area contributed by atoms with Crippen LogP contribution in [0.4, 0.5) is 5.69 Å². The molecule has 2 aromatic carbocycles. The Labute approximate surface area is 125 Å². The Morgan fingerprint density at radius 2 is 1.67 bits per heavy atom. The van der Waals surface area contributed by atoms with Crippen molar-refractivity contribution in [1.82, 2.24) is 4.90 Å². The standard InChI is InChI=1S/C17H20N2O2/c1-13(17(20)19(2)3)18-15-11-7-8-12-16(15)21-14-9-5-4-6-10-14/h4-13,18H,1-3H3/t13-/m1/s1. The molecule has 4 nitrogen and oxygen atoms in total. The second kappa shape index (κ2) is 6.79. The molecule has 0 fully saturated rings. The third kappa shape index (κ3) is 3.99. The molecule has 2 aromatic rings. The summed E-state index contributed by atoms with van der Waals surface area (Å²) < 4.78 is 5.86. The quantitative estimate of drug-likeness (QED) is 0.915. The van der Waals surface area contributed by atoms with Crippen molar-refractivity contribution in [2.24, 2.45) is 0 Å². The van der Waals surface area contributed by atoms with Gasteiger partial charge in [-0.3, -0.25) is 4.79 Å². The monoisotopic (exact) mass is 284 g/mol. The SMILES string of the molecule is C[C@@H](Nc1ccccc1Oc1ccccc1)C(=O)N(C)C. The summed E-state index contributed by atoms with van der Waals surface area (Å²) >= 11 is 0. The number of carbonyl (C=O) groups excluding carboxylic acids is 1. The van der Waals surface area contributed by atoms with Crippen LogP contribution >= 0.6 is 0 Å². The zero-order valence-corrected chi connectivity index (χ0v) is 12.5. The van der Waals surface area contributed by atoms with Crippen molar-refractivity contribution < 1.29 is 9.53 Å². The summed E-state index contributed by atoms with van der Waals surface area (Å²) in [5, 5.41) is 3.20. The summed E-state index contributed by atoms with van der Waals surface area (Å²) in [5.74, 6) is 1.48. The van der Waals surface area contributed by atoms with Crippen LogP contribution in [0.5, 0.6) is 11.5 Å². The number of likely N-dealkylation sites (N-methyl/N-ethyl adjacent to an activating group) is 1. The summed E-state index contributed by atoms with van der Waals surface area (Å²) in [4.78, 5) is 13.5. The fraction of sp³-hybridized carbons (Fsp3) is 0.235. The van der Waals surface area contributed by atoms with E-state index in [4.69, 9.17) is 4.74 Å². The number of anilines is 1. The number of hydrogen-bond donors (Lipinski definition) is 1. The number of benzene rings is 2. The van der Waals surface area contributed by atoms with Crippen molar-refractivity contribution in [1.29, 1.82) is 0 Å². The lowest BCUT2D eigenvalue weighted by Gasteiger charge is -2.20. The van der Waals surface area contributed by atoms with Gasteiger partial charge in [-0.15, -0.1) is 0 Å². The van der Waals surface area contributed by atoms with Crippen LogP contribution < -0.4 is 10.1 Å². The zero-order chi connectivity index (χ0) is 15.2. The smallest absolute Gasteiger partial charge is 0.244 e. The molecule has 0 radical (unpaired) electrons. The molecule has 0 unspecified atom stereocenters. The minimum Gasteiger partial charge on any atom is -0.455 e. The van der Waals surface area contributed by atoms with Crippen LogP contribution in [0.2, 0.25) is 0 Å². The Bertz CT molecular complexity index is 597. The van der Waals surface area contributed by atoms with Crippen molar-refractivity contribution in [3.63, 3.8) is 0 Å². The highest BCUT2D eigenvalue weighted by molar-refractivity contribution is 5.84. The maximum atomic E-state index is 11.9. The topological polar surface area (TPSA) is 41.6 Å². The molecule has 0 aliphatic rings. The van der Waals surface area contributed by atoms with Gasteiger partial charge in [0.2, 0.25) is 5.91 Å². The summed E-state index contributed by atoms with van der Waals surface area (Å²) in [6.07, 6.45) is 0. The first-order valence-electron chi connectivity index (χ1n) is 6.87. The molecule has 1 atom stereocenters. The van der Waals surface area contributed by atoms with E-state index in [-0.39, 0.29) is 11.9 Å². The van der Waals surface area contributed by atoms with Crippen LogP contribution in [0.1, 0.15) is 6.92 Å². The van der Waals surface area contributed by atoms with Gasteiger partial charge in [0.05, 0.1) is 5.69 Å². The third-order valence-corrected chi connectivity index (χ3v) is 3.04. The summed E-state index contributed by atoms with van der Waals surface area (Å²) in [6, 6.07) is 16.8. The van der Waals surface area contributed by atoms with E-state index >= 15 is 0 Å². The molecular weight excluding hydrogens is 264 g/mol. The molecule has 0 aliphatic carbocycles. The van der Waals surface area contributed by atoms with E-state index in [1.54, 1.807) is 19.0 Å². The van der Waals surface area contributed by atoms with Crippen LogP contribution in [-0.2, 0) is 4.79 Å². The van der Waals surface area contributed by atoms with Crippen LogP contribution in [0.25, 0.3) is 0 Å². The van der Waals surface area contributed by atoms with E-state index in [9.17, 15) is 4.79 Å². The van der Waals surface area contributed by atoms with Gasteiger partial charge in [0.25, 0.3) is 0 Å². The highest BCUT2D eigenvalue weighted by atomic mass is 16.5. The van der Waals surface area contributed by atoms with Gasteiger partial charge in [0, 0.05) is 14.1 Å². The number of amides is 1. The molecule has 0 aromatic heterocycles. The number of carbonyl (C=O) groups is 1. The molecule has 1 N–H and O–H groups in total. The summed E-state index contributed by atoms with van der Waals surface area (Å²) in [7, 11) is 3.49. The van der Waals surface area contributed by atoms with Gasteiger partial charge in [-0.25, -0.2) is 0 Å². The Hall–Kier alpha value is -2.49. The maximum Gasteiger partial charge on any atom is 0.244 e. The zero-order valence-electron chi connectivity index (χ0n) is 12.5. The minimum absolute atomic E-state index is 0.0181. The van der Waals surface area contributed by atoms with Crippen LogP contribution in [0.3, 0.4) is 0 Å². The van der Waals surface area contributed by atoms with E-state index in [0.717, 1.165) is 11.4 Å². The van der Waals surface area contributed by atoms with Gasteiger partial charge < -0.3 is 15.0 Å². The molecule has 0 aliphatic heterocycles. The first kappa shape index (κ1) is 14.9. The van der Waals surface area contributed by atoms with Crippen LogP contribution in [-0.4, -0.2) is 30.9 Å². The fourth-order valence-electron chi connectivity index (χ4n) is 1.97. The summed E-state index contributed by atoms with van der Waals surface area (Å²) in [5.41, 5.74) is 0.795. The van der Waals surface area contributed by atoms with E-state index in [2.05, 4.69) is 5.32 Å². The van der Waals surface area contributed by atoms with Crippen molar-refractivity contribution in [3.05, 3.63) is 54.6 Å². The average Bonchev–Trinajstić information content (AvgIpc) is 2.49. The van der Waals surface area contributed by atoms with E-state index in [1.165, 1.54) is 0 Å². The van der Waals surface area contributed by atoms with Crippen molar-refractivity contribution >= 4 is 11.6 Å². The maximum absolute atomic E-state index is 11.9. The predicted molar refractivity (Wildman–Crippen MR) is 84.7 cm³/mol. The molecular formula is C17H20N2O2. The Balaban J connectivity index is 2.15. The predicted octanol–water partition coefficient (Wildman–Crippen LogP) is 3.37. The molecule has 21 heavy (non-hydrogen) atoms. The minimum atomic E-state index is -0.319. The van der Waals surface area contributed by atoms with Crippen molar-refractivity contribution in [3.8, 4) is 11.5 Å². The highest BCUT2D eigenvalue weighted by Crippen LogP contribution is 2.29. The lowest BCUT2D eigenvalue weighted by atomic mass is 10.2. The second-order valence-corrected chi connectivity index (χ2v) is 5.01. The molecule has 4 heteroatoms. The number of para-hydroxylation sites is 3. The van der Waals surface area contributed by atoms with Crippen LogP contribution in [0, 0.1) is 0 Å². The van der Waals surface area contributed by atoms with Gasteiger partial charge in [-0.2, -0.15) is 0 Å². The van der Waals surface area contributed by atoms with Crippen molar-refractivity contribution in [2.45, 2.75) is 13.0 Å². The fourth-order valence-corrected chi connectivity index (χ4v) is 1.97. The molecule has 0 saturated carbocycles. The Morgan fingerprint density at radius 3 is 2.33 bits per heavy atom. The normalized spacial score (nSPS) is 11.6. The molecule has 0 heterocycles. The largest absolute Gasteiger partial charge is 0.455 e. The summed E-state index contributed by atoms with van der Waals surface area (Å²) in [6.45, 7) is 1.83. The van der Waals surface area contributed by atoms with Gasteiger partial charge >= 0.3 is 0 Å². The molecule has 0 bridgehead atoms. The second-order valence-electron chi connectivity index (χ2n) is 5.01. The first-order valence-corrected chi connectivity index (χ1v) is 6.87. The number of nitrogens with zero attached hydrogens (tertiary/aromatic N) is 1. The Morgan fingerprint density at radius 1 is 1.05 bits per heavy atom. The molecule has 1 amide bonds. The Kier molecular flexibility index (Phi) is 4.82. The van der Waals surface area contributed by atoms with E-state index < -0.39 is 0 Å². The molecule has 110 valence electrons. The highest BCUT2D eigenvalue weighted by Gasteiger charge is 2.16. The lowest BCUT2D eigenvalue weighted by Crippen LogP contribution is -2.36. The number of hydrogen-bond acceptors (Lipinski definition) is 3. The van der Waals surface area contributed by atoms with Gasteiger partial charge in [-0.1, -0.05) is 30.3 Å². The molecule has 2 rings (SSSR count). The van der Waals surface area contributed by atoms with E-state index in [0.29, 0.717) is 5.75 Å². The molecule has 0 spiro atoms. The van der Waals surface area contributed by atoms with Crippen LogP contribution in [0.15, 0.2) is 54.6 Å². The van der Waals surface area contributed by atoms with Crippen molar-refractivity contribution in [2.75, 3.05) is 19.4 Å².